The Balaban J connectivity index is 1.20. The van der Waals surface area contributed by atoms with Gasteiger partial charge in [0.2, 0.25) is 5.95 Å². The van der Waals surface area contributed by atoms with E-state index in [1.807, 2.05) is 0 Å². The van der Waals surface area contributed by atoms with E-state index >= 15 is 4.39 Å². The molecule has 20 nitrogen and oxygen atoms in total. The van der Waals surface area contributed by atoms with Gasteiger partial charge in [-0.05, 0) is 16.4 Å². The predicted octanol–water partition coefficient (Wildman–Crippen LogP) is -0.799. The van der Waals surface area contributed by atoms with Gasteiger partial charge >= 0.3 is 13.9 Å². The number of aliphatic hydroxyl groups is 2. The van der Waals surface area contributed by atoms with E-state index in [2.05, 4.69) is 42.2 Å². The van der Waals surface area contributed by atoms with Crippen LogP contribution in [0, 0.1) is 0 Å². The first kappa shape index (κ1) is 32.2. The molecule has 8 N–H and O–H groups in total. The monoisotopic (exact) mass is 709 g/mol. The van der Waals surface area contributed by atoms with Gasteiger partial charge in [0.05, 0.1) is 19.3 Å². The van der Waals surface area contributed by atoms with Crippen molar-refractivity contribution in [3.8, 4) is 0 Å². The third kappa shape index (κ3) is 6.19. The van der Waals surface area contributed by atoms with Crippen LogP contribution < -0.4 is 17.0 Å². The van der Waals surface area contributed by atoms with Crippen LogP contribution in [0.3, 0.4) is 0 Å². The number of H-pyrrole nitrogens is 1. The Morgan fingerprint density at radius 2 is 1.73 bits per heavy atom. The number of aliphatic hydroxyl groups excluding tert-OH is 2. The average molecular weight is 710 g/mol. The second-order valence-electron chi connectivity index (χ2n) is 9.78. The summed E-state index contributed by atoms with van der Waals surface area (Å²) < 4.78 is 56.6. The molecule has 6 heterocycles. The molecule has 2 aliphatic rings. The molecule has 2 fully saturated rings. The van der Waals surface area contributed by atoms with Crippen molar-refractivity contribution >= 4 is 72.1 Å². The molecule has 0 bridgehead atoms. The minimum Gasteiger partial charge on any atom is -0.387 e. The van der Waals surface area contributed by atoms with Gasteiger partial charge in [-0.3, -0.25) is 23.4 Å². The van der Waals surface area contributed by atoms with E-state index in [0.717, 1.165) is 12.7 Å². The van der Waals surface area contributed by atoms with Gasteiger partial charge in [0.15, 0.2) is 41.3 Å². The third-order valence-corrected chi connectivity index (χ3v) is 9.27. The number of ether oxygens (including phenoxy) is 2. The molecular formula is C20H24FN10O10P2S2+. The number of nitrogens with zero attached hydrogens (tertiary/aromatic N) is 7. The highest BCUT2D eigenvalue weighted by Gasteiger charge is 2.50. The molecule has 0 amide bonds. The van der Waals surface area contributed by atoms with E-state index < -0.39 is 81.9 Å². The summed E-state index contributed by atoms with van der Waals surface area (Å²) in [6.45, 7) is -5.39. The number of hydrogen-bond acceptors (Lipinski definition) is 17. The molecule has 0 saturated carbocycles. The largest absolute Gasteiger partial charge is 0.582 e. The smallest absolute Gasteiger partial charge is 0.387 e. The average Bonchev–Trinajstić information content (AvgIpc) is 3.73. The summed E-state index contributed by atoms with van der Waals surface area (Å²) in [4.78, 5) is 45.6. The molecule has 45 heavy (non-hydrogen) atoms. The van der Waals surface area contributed by atoms with Gasteiger partial charge in [0, 0.05) is 0 Å². The molecule has 6 rings (SSSR count). The minimum absolute atomic E-state index is 0.0578. The van der Waals surface area contributed by atoms with E-state index in [4.69, 9.17) is 46.3 Å². The highest BCUT2D eigenvalue weighted by Crippen LogP contribution is 2.50. The second kappa shape index (κ2) is 12.4. The number of rotatable bonds is 10. The number of nitrogen functional groups attached to an aromatic ring is 2. The molecule has 25 heteroatoms. The molecular weight excluding hydrogens is 685 g/mol. The SMILES string of the molecule is Nc1nc2c(ncn2[C@@H]2O[C@H](CO[P+](=O)S)[C@H](O)[C@@H]2OP(O)(=S)OC[C@H]2O[C@@H](n3cnc4c(N)ncnc43)[C@@H](F)[C@H]2O)c(=O)[nH]1. The highest BCUT2D eigenvalue weighted by atomic mass is 32.7. The van der Waals surface area contributed by atoms with Gasteiger partial charge < -0.3 is 40.6 Å². The van der Waals surface area contributed by atoms with Crippen molar-refractivity contribution in [1.82, 2.24) is 39.0 Å². The second-order valence-corrected chi connectivity index (χ2v) is 14.3. The number of aromatic nitrogens is 8. The summed E-state index contributed by atoms with van der Waals surface area (Å²) in [6.07, 6.45) is -8.53. The number of hydrogen-bond donors (Lipinski definition) is 7. The van der Waals surface area contributed by atoms with Gasteiger partial charge in [0.1, 0.15) is 61.2 Å². The van der Waals surface area contributed by atoms with E-state index in [0.29, 0.717) is 0 Å². The minimum atomic E-state index is -4.32. The highest BCUT2D eigenvalue weighted by molar-refractivity contribution is 8.39. The Labute approximate surface area is 261 Å². The normalized spacial score (nSPS) is 30.3. The summed E-state index contributed by atoms with van der Waals surface area (Å²) in [5.41, 5.74) is 11.0. The first-order valence-corrected chi connectivity index (χ1v) is 17.7. The fraction of sp³-hybridized carbons (Fsp3) is 0.500. The lowest BCUT2D eigenvalue weighted by molar-refractivity contribution is -0.0536. The number of alkyl halides is 1. The Morgan fingerprint density at radius 3 is 2.47 bits per heavy atom. The maximum absolute atomic E-state index is 15.2. The van der Waals surface area contributed by atoms with Crippen LogP contribution in [0.1, 0.15) is 12.5 Å². The molecule has 4 aromatic heterocycles. The number of thiol groups is 1. The van der Waals surface area contributed by atoms with Crippen molar-refractivity contribution in [1.29, 1.82) is 0 Å². The zero-order valence-corrected chi connectivity index (χ0v) is 25.9. The number of imidazole rings is 2. The predicted molar refractivity (Wildman–Crippen MR) is 157 cm³/mol. The van der Waals surface area contributed by atoms with Crippen molar-refractivity contribution in [2.24, 2.45) is 0 Å². The van der Waals surface area contributed by atoms with E-state index in [1.54, 1.807) is 0 Å². The van der Waals surface area contributed by atoms with Crippen LogP contribution in [0.2, 0.25) is 0 Å². The lowest BCUT2D eigenvalue weighted by Gasteiger charge is -2.27. The van der Waals surface area contributed by atoms with E-state index in [-0.39, 0.29) is 34.1 Å². The van der Waals surface area contributed by atoms with Crippen LogP contribution in [0.15, 0.2) is 23.8 Å². The fourth-order valence-corrected chi connectivity index (χ4v) is 6.82. The Kier molecular flexibility index (Phi) is 8.89. The molecule has 0 aliphatic carbocycles. The van der Waals surface area contributed by atoms with Crippen molar-refractivity contribution in [2.45, 2.75) is 49.1 Å². The van der Waals surface area contributed by atoms with Gasteiger partial charge in [0.25, 0.3) is 5.56 Å². The number of fused-ring (bicyclic) bond motifs is 2. The quantitative estimate of drug-likeness (QED) is 0.0784. The van der Waals surface area contributed by atoms with Crippen molar-refractivity contribution in [3.05, 3.63) is 29.3 Å². The molecule has 242 valence electrons. The van der Waals surface area contributed by atoms with E-state index in [9.17, 15) is 24.5 Å². The molecule has 2 saturated heterocycles. The van der Waals surface area contributed by atoms with Gasteiger partial charge in [-0.25, -0.2) is 24.3 Å². The van der Waals surface area contributed by atoms with Gasteiger partial charge in [-0.15, -0.1) is 4.52 Å². The molecule has 0 spiro atoms. The summed E-state index contributed by atoms with van der Waals surface area (Å²) in [6, 6.07) is 0. The van der Waals surface area contributed by atoms with Crippen LogP contribution in [0.4, 0.5) is 16.2 Å². The first-order chi connectivity index (χ1) is 21.3. The first-order valence-electron chi connectivity index (χ1n) is 12.8. The third-order valence-electron chi connectivity index (χ3n) is 7.00. The van der Waals surface area contributed by atoms with Crippen LogP contribution in [0.5, 0.6) is 0 Å². The van der Waals surface area contributed by atoms with Crippen molar-refractivity contribution < 1.29 is 47.1 Å². The van der Waals surface area contributed by atoms with Gasteiger partial charge in [-0.1, -0.05) is 0 Å². The van der Waals surface area contributed by atoms with Crippen LogP contribution in [0.25, 0.3) is 22.3 Å². The summed E-state index contributed by atoms with van der Waals surface area (Å²) in [5.74, 6) is -0.183. The zero-order valence-electron chi connectivity index (χ0n) is 22.4. The van der Waals surface area contributed by atoms with Crippen LogP contribution >= 0.6 is 26.2 Å². The Hall–Kier alpha value is -2.79. The number of nitrogens with two attached hydrogens (primary N) is 2. The molecule has 0 aromatic carbocycles. The number of nitrogens with one attached hydrogen (secondary N) is 1. The van der Waals surface area contributed by atoms with Crippen molar-refractivity contribution in [3.63, 3.8) is 0 Å². The summed E-state index contributed by atoms with van der Waals surface area (Å²) in [7, 11) is -2.38. The molecule has 10 atom stereocenters. The number of aromatic amines is 1. The standard InChI is InChI=1S/C20H23FN10O10P2S2/c21-8-11(32)7(39-18(8)30-4-26-9-14(22)24-3-25-15(9)30)2-38-43(36,45)41-13-12(33)6(1-37-42(35)44)40-19(13)31-5-27-10-16(31)28-20(23)29-17(10)34/h3-8,11-13,18-19,32-33H,1-2H2,(H6-,22,23,24,25,28,29,34,35,36,44,45)/p+1/t6-,7-,8+,11+,12+,13+,18-,19-,43?/m1/s1. The van der Waals surface area contributed by atoms with Gasteiger partial charge in [-0.2, -0.15) is 4.98 Å². The summed E-state index contributed by atoms with van der Waals surface area (Å²) >= 11 is 8.83. The topological polar surface area (TPSA) is 283 Å². The Bertz CT molecular complexity index is 1870. The maximum Gasteiger partial charge on any atom is 0.582 e. The number of anilines is 2. The molecule has 0 radical (unpaired) electrons. The number of halogens is 1. The fourth-order valence-electron chi connectivity index (χ4n) is 4.93. The molecule has 4 aromatic rings. The summed E-state index contributed by atoms with van der Waals surface area (Å²) in [5, 5.41) is 21.6. The van der Waals surface area contributed by atoms with Crippen molar-refractivity contribution in [2.75, 3.05) is 24.7 Å². The lowest BCUT2D eigenvalue weighted by Crippen LogP contribution is -2.35. The zero-order chi connectivity index (χ0) is 32.2. The Morgan fingerprint density at radius 1 is 1.07 bits per heavy atom. The lowest BCUT2D eigenvalue weighted by atomic mass is 10.1. The molecule has 2 unspecified atom stereocenters. The van der Waals surface area contributed by atoms with E-state index in [1.165, 1.54) is 15.5 Å². The van der Waals surface area contributed by atoms with Crippen LogP contribution in [-0.4, -0.2) is 104 Å². The maximum atomic E-state index is 15.2. The van der Waals surface area contributed by atoms with Crippen LogP contribution in [-0.2, 0) is 39.4 Å². The molecule has 2 aliphatic heterocycles.